The molecule has 0 spiro atoms. The van der Waals surface area contributed by atoms with E-state index in [1.165, 1.54) is 4.90 Å². The molecule has 0 bridgehead atoms. The minimum atomic E-state index is -0.949. The van der Waals surface area contributed by atoms with E-state index in [-0.39, 0.29) is 24.7 Å². The van der Waals surface area contributed by atoms with E-state index in [0.29, 0.717) is 12.8 Å². The molecule has 94 valence electrons. The van der Waals surface area contributed by atoms with Gasteiger partial charge < -0.3 is 5.11 Å². The predicted octanol–water partition coefficient (Wildman–Crippen LogP) is 1.17. The van der Waals surface area contributed by atoms with Crippen LogP contribution in [0.5, 0.6) is 0 Å². The van der Waals surface area contributed by atoms with E-state index in [4.69, 9.17) is 5.11 Å². The maximum absolute atomic E-state index is 12.2. The van der Waals surface area contributed by atoms with Gasteiger partial charge in [-0.1, -0.05) is 13.8 Å². The fourth-order valence-electron chi connectivity index (χ4n) is 2.77. The third kappa shape index (κ3) is 1.73. The van der Waals surface area contributed by atoms with Gasteiger partial charge in [0.05, 0.1) is 17.4 Å². The molecule has 2 amide bonds. The van der Waals surface area contributed by atoms with E-state index in [1.807, 2.05) is 0 Å². The molecule has 1 N–H and O–H groups in total. The third-order valence-corrected chi connectivity index (χ3v) is 3.86. The number of carboxylic acid groups (broad SMARTS) is 1. The summed E-state index contributed by atoms with van der Waals surface area (Å²) in [7, 11) is 0. The van der Waals surface area contributed by atoms with Crippen LogP contribution in [-0.2, 0) is 14.4 Å². The highest BCUT2D eigenvalue weighted by Crippen LogP contribution is 2.46. The van der Waals surface area contributed by atoms with Crippen molar-refractivity contribution < 1.29 is 19.5 Å². The van der Waals surface area contributed by atoms with Gasteiger partial charge in [0.15, 0.2) is 0 Å². The molecule has 0 aromatic carbocycles. The summed E-state index contributed by atoms with van der Waals surface area (Å²) in [5.74, 6) is -1.39. The second-order valence-corrected chi connectivity index (χ2v) is 5.74. The lowest BCUT2D eigenvalue weighted by Crippen LogP contribution is -2.57. The lowest BCUT2D eigenvalue weighted by molar-refractivity contribution is -0.156. The molecular formula is C12H17NO4. The van der Waals surface area contributed by atoms with Gasteiger partial charge in [0.25, 0.3) is 0 Å². The summed E-state index contributed by atoms with van der Waals surface area (Å²) in [6.07, 6.45) is 2.18. The molecule has 1 aliphatic carbocycles. The van der Waals surface area contributed by atoms with Crippen LogP contribution in [0.1, 0.15) is 46.0 Å². The Kier molecular flexibility index (Phi) is 2.52. The van der Waals surface area contributed by atoms with Crippen LogP contribution in [0.4, 0.5) is 0 Å². The summed E-state index contributed by atoms with van der Waals surface area (Å²) in [5, 5.41) is 8.93. The fraction of sp³-hybridized carbons (Fsp3) is 0.750. The molecule has 2 fully saturated rings. The molecule has 1 heterocycles. The quantitative estimate of drug-likeness (QED) is 0.750. The number of aliphatic carboxylic acids is 1. The number of nitrogens with zero attached hydrogens (tertiary/aromatic N) is 1. The first kappa shape index (κ1) is 12.1. The fourth-order valence-corrected chi connectivity index (χ4v) is 2.77. The average molecular weight is 239 g/mol. The summed E-state index contributed by atoms with van der Waals surface area (Å²) >= 11 is 0. The van der Waals surface area contributed by atoms with E-state index >= 15 is 0 Å². The molecule has 1 aliphatic heterocycles. The molecule has 0 atom stereocenters. The van der Waals surface area contributed by atoms with Gasteiger partial charge in [-0.25, -0.2) is 0 Å². The predicted molar refractivity (Wildman–Crippen MR) is 59.1 cm³/mol. The van der Waals surface area contributed by atoms with Crippen molar-refractivity contribution >= 4 is 17.8 Å². The Balaban J connectivity index is 2.29. The van der Waals surface area contributed by atoms with Gasteiger partial charge in [-0.15, -0.1) is 0 Å². The van der Waals surface area contributed by atoms with Crippen molar-refractivity contribution in [1.82, 2.24) is 4.90 Å². The molecule has 0 aromatic rings. The van der Waals surface area contributed by atoms with Crippen molar-refractivity contribution in [3.8, 4) is 0 Å². The zero-order valence-electron chi connectivity index (χ0n) is 10.2. The summed E-state index contributed by atoms with van der Waals surface area (Å²) in [6, 6.07) is 0. The third-order valence-electron chi connectivity index (χ3n) is 3.86. The second kappa shape index (κ2) is 3.55. The smallest absolute Gasteiger partial charge is 0.305 e. The van der Waals surface area contributed by atoms with E-state index in [9.17, 15) is 14.4 Å². The van der Waals surface area contributed by atoms with Crippen molar-refractivity contribution in [2.45, 2.75) is 51.5 Å². The number of imide groups is 1. The lowest BCUT2D eigenvalue weighted by atomic mass is 9.73. The average Bonchev–Trinajstić information content (AvgIpc) is 2.30. The summed E-state index contributed by atoms with van der Waals surface area (Å²) < 4.78 is 0. The van der Waals surface area contributed by atoms with Crippen LogP contribution in [0.3, 0.4) is 0 Å². The largest absolute Gasteiger partial charge is 0.481 e. The minimum absolute atomic E-state index is 0.124. The first-order valence-corrected chi connectivity index (χ1v) is 5.88. The Labute approximate surface area is 99.8 Å². The first-order valence-electron chi connectivity index (χ1n) is 5.88. The highest BCUT2D eigenvalue weighted by molar-refractivity contribution is 6.06. The van der Waals surface area contributed by atoms with Gasteiger partial charge in [0, 0.05) is 6.42 Å². The minimum Gasteiger partial charge on any atom is -0.481 e. The molecule has 0 unspecified atom stereocenters. The van der Waals surface area contributed by atoms with Crippen LogP contribution in [0.15, 0.2) is 0 Å². The van der Waals surface area contributed by atoms with Gasteiger partial charge in [-0.3, -0.25) is 19.3 Å². The molecule has 2 aliphatic rings. The molecule has 5 heteroatoms. The van der Waals surface area contributed by atoms with Crippen LogP contribution in [0, 0.1) is 5.41 Å². The summed E-state index contributed by atoms with van der Waals surface area (Å²) in [5.41, 5.74) is -1.42. The standard InChI is InChI=1S/C12H17NO4/c1-11(2)6-8(14)13(10(11)17)12(4-3-5-12)7-9(15)16/h3-7H2,1-2H3,(H,15,16). The second-order valence-electron chi connectivity index (χ2n) is 5.74. The topological polar surface area (TPSA) is 74.7 Å². The SMILES string of the molecule is CC1(C)CC(=O)N(C2(CC(=O)O)CCC2)C1=O. The number of hydrogen-bond acceptors (Lipinski definition) is 3. The van der Waals surface area contributed by atoms with Crippen LogP contribution in [0.25, 0.3) is 0 Å². The van der Waals surface area contributed by atoms with Gasteiger partial charge in [-0.05, 0) is 19.3 Å². The number of amides is 2. The number of rotatable bonds is 3. The van der Waals surface area contributed by atoms with Gasteiger partial charge in [-0.2, -0.15) is 0 Å². The van der Waals surface area contributed by atoms with Gasteiger partial charge in [0.1, 0.15) is 0 Å². The van der Waals surface area contributed by atoms with Crippen molar-refractivity contribution in [1.29, 1.82) is 0 Å². The molecule has 1 saturated carbocycles. The summed E-state index contributed by atoms with van der Waals surface area (Å²) in [6.45, 7) is 3.47. The Morgan fingerprint density at radius 3 is 2.24 bits per heavy atom. The first-order chi connectivity index (χ1) is 7.78. The molecule has 5 nitrogen and oxygen atoms in total. The zero-order chi connectivity index (χ0) is 12.8. The summed E-state index contributed by atoms with van der Waals surface area (Å²) in [4.78, 5) is 36.2. The molecule has 17 heavy (non-hydrogen) atoms. The van der Waals surface area contributed by atoms with Crippen LogP contribution < -0.4 is 0 Å². The highest BCUT2D eigenvalue weighted by Gasteiger charge is 2.56. The van der Waals surface area contributed by atoms with Crippen molar-refractivity contribution in [3.05, 3.63) is 0 Å². The van der Waals surface area contributed by atoms with Crippen LogP contribution in [-0.4, -0.2) is 33.3 Å². The monoisotopic (exact) mass is 239 g/mol. The van der Waals surface area contributed by atoms with Crippen LogP contribution >= 0.6 is 0 Å². The number of hydrogen-bond donors (Lipinski definition) is 1. The maximum atomic E-state index is 12.2. The molecule has 2 rings (SSSR count). The normalized spacial score (nSPS) is 25.9. The van der Waals surface area contributed by atoms with E-state index in [2.05, 4.69) is 0 Å². The zero-order valence-corrected chi connectivity index (χ0v) is 10.2. The van der Waals surface area contributed by atoms with E-state index < -0.39 is 16.9 Å². The lowest BCUT2D eigenvalue weighted by Gasteiger charge is -2.47. The molecule has 0 aromatic heterocycles. The Morgan fingerprint density at radius 1 is 1.35 bits per heavy atom. The Morgan fingerprint density at radius 2 is 1.94 bits per heavy atom. The number of carbonyl (C=O) groups excluding carboxylic acids is 2. The molecule has 0 radical (unpaired) electrons. The van der Waals surface area contributed by atoms with Crippen molar-refractivity contribution in [3.63, 3.8) is 0 Å². The van der Waals surface area contributed by atoms with E-state index in [0.717, 1.165) is 6.42 Å². The van der Waals surface area contributed by atoms with Gasteiger partial charge >= 0.3 is 5.97 Å². The molecule has 1 saturated heterocycles. The Bertz CT molecular complexity index is 395. The molecular weight excluding hydrogens is 222 g/mol. The van der Waals surface area contributed by atoms with Gasteiger partial charge in [0.2, 0.25) is 11.8 Å². The van der Waals surface area contributed by atoms with E-state index in [1.54, 1.807) is 13.8 Å². The highest BCUT2D eigenvalue weighted by atomic mass is 16.4. The number of carbonyl (C=O) groups is 3. The maximum Gasteiger partial charge on any atom is 0.305 e. The van der Waals surface area contributed by atoms with Crippen molar-refractivity contribution in [2.24, 2.45) is 5.41 Å². The number of likely N-dealkylation sites (tertiary alicyclic amines) is 1. The Hall–Kier alpha value is -1.39. The number of carboxylic acids is 1. The van der Waals surface area contributed by atoms with Crippen molar-refractivity contribution in [2.75, 3.05) is 0 Å². The van der Waals surface area contributed by atoms with Crippen LogP contribution in [0.2, 0.25) is 0 Å².